The van der Waals surface area contributed by atoms with Crippen molar-refractivity contribution in [3.8, 4) is 22.3 Å². The van der Waals surface area contributed by atoms with Gasteiger partial charge < -0.3 is 4.90 Å². The summed E-state index contributed by atoms with van der Waals surface area (Å²) in [4.78, 5) is 53.1. The van der Waals surface area contributed by atoms with Crippen molar-refractivity contribution in [2.24, 2.45) is 0 Å². The molecule has 0 unspecified atom stereocenters. The van der Waals surface area contributed by atoms with Gasteiger partial charge in [0, 0.05) is 39.3 Å². The van der Waals surface area contributed by atoms with Gasteiger partial charge in [-0.2, -0.15) is 0 Å². The molecule has 0 amide bonds. The first-order valence-corrected chi connectivity index (χ1v) is 16.5. The molecule has 0 fully saturated rings. The average molecular weight is 662 g/mol. The van der Waals surface area contributed by atoms with E-state index in [1.165, 1.54) is 0 Å². The summed E-state index contributed by atoms with van der Waals surface area (Å²) in [7, 11) is 0. The summed E-state index contributed by atoms with van der Waals surface area (Å²) >= 11 is 0. The molecular formula is C46H31NO4. The average Bonchev–Trinajstić information content (AvgIpc) is 3.21. The monoisotopic (exact) mass is 661 g/mol. The van der Waals surface area contributed by atoms with Gasteiger partial charge in [-0.15, -0.1) is 0 Å². The Kier molecular flexibility index (Phi) is 9.35. The lowest BCUT2D eigenvalue weighted by Crippen LogP contribution is -2.14. The summed E-state index contributed by atoms with van der Waals surface area (Å²) in [5.41, 5.74) is 8.18. The molecule has 7 aromatic carbocycles. The van der Waals surface area contributed by atoms with Crippen LogP contribution >= 0.6 is 0 Å². The second kappa shape index (κ2) is 14.6. The van der Waals surface area contributed by atoms with Crippen LogP contribution in [0.4, 0.5) is 17.1 Å². The maximum atomic E-state index is 12.8. The number of anilines is 3. The largest absolute Gasteiger partial charge is 0.311 e. The van der Waals surface area contributed by atoms with Gasteiger partial charge in [0.05, 0.1) is 0 Å². The molecule has 244 valence electrons. The Balaban J connectivity index is 1.09. The Bertz CT molecular complexity index is 2170. The molecule has 0 aliphatic carbocycles. The normalized spacial score (nSPS) is 10.7. The van der Waals surface area contributed by atoms with Crippen molar-refractivity contribution in [2.75, 3.05) is 4.90 Å². The van der Waals surface area contributed by atoms with Gasteiger partial charge in [0.2, 0.25) is 23.1 Å². The standard InChI is InChI=1S/C46H31NO4/c48-43(36-10-4-1-5-11-36)45(50)38-20-16-32(17-21-38)34-24-28-41(29-25-34)47(40-14-8-3-9-15-40)42-30-26-35(27-31-42)33-18-22-39(23-19-33)46(51)44(49)37-12-6-2-7-13-37/h1-31H. The van der Waals surface area contributed by atoms with Crippen LogP contribution < -0.4 is 4.90 Å². The first-order chi connectivity index (χ1) is 25.0. The number of nitrogens with zero attached hydrogens (tertiary/aromatic N) is 1. The predicted octanol–water partition coefficient (Wildman–Crippen LogP) is 10.6. The zero-order chi connectivity index (χ0) is 35.2. The van der Waals surface area contributed by atoms with E-state index >= 15 is 0 Å². The van der Waals surface area contributed by atoms with Crippen LogP contribution in [0.2, 0.25) is 0 Å². The van der Waals surface area contributed by atoms with Crippen molar-refractivity contribution in [3.05, 3.63) is 210 Å². The van der Waals surface area contributed by atoms with Crippen molar-refractivity contribution >= 4 is 40.2 Å². The smallest absolute Gasteiger partial charge is 0.233 e. The van der Waals surface area contributed by atoms with Gasteiger partial charge in [-0.25, -0.2) is 0 Å². The third-order valence-electron chi connectivity index (χ3n) is 8.71. The molecule has 0 atom stereocenters. The van der Waals surface area contributed by atoms with Gasteiger partial charge in [-0.05, 0) is 58.7 Å². The topological polar surface area (TPSA) is 71.5 Å². The molecule has 0 saturated carbocycles. The molecule has 0 heterocycles. The summed E-state index contributed by atoms with van der Waals surface area (Å²) in [6.45, 7) is 0. The molecule has 0 bridgehead atoms. The Morgan fingerprint density at radius 2 is 0.490 bits per heavy atom. The molecule has 0 aromatic heterocycles. The van der Waals surface area contributed by atoms with Gasteiger partial charge in [0.25, 0.3) is 0 Å². The highest BCUT2D eigenvalue weighted by Crippen LogP contribution is 2.36. The van der Waals surface area contributed by atoms with Gasteiger partial charge in [-0.3, -0.25) is 19.2 Å². The molecule has 7 rings (SSSR count). The fourth-order valence-electron chi connectivity index (χ4n) is 5.96. The van der Waals surface area contributed by atoms with Crippen LogP contribution in [0.3, 0.4) is 0 Å². The Morgan fingerprint density at radius 1 is 0.255 bits per heavy atom. The summed E-state index contributed by atoms with van der Waals surface area (Å²) < 4.78 is 0. The van der Waals surface area contributed by atoms with E-state index in [2.05, 4.69) is 41.3 Å². The summed E-state index contributed by atoms with van der Waals surface area (Å²) in [6.07, 6.45) is 0. The van der Waals surface area contributed by atoms with Gasteiger partial charge in [0.15, 0.2) is 0 Å². The molecule has 0 radical (unpaired) electrons. The van der Waals surface area contributed by atoms with Crippen molar-refractivity contribution in [1.82, 2.24) is 0 Å². The second-order valence-corrected chi connectivity index (χ2v) is 12.0. The molecule has 0 N–H and O–H groups in total. The number of ketones is 4. The lowest BCUT2D eigenvalue weighted by Gasteiger charge is -2.26. The zero-order valence-corrected chi connectivity index (χ0v) is 27.5. The number of carbonyl (C=O) groups is 4. The maximum absolute atomic E-state index is 12.8. The van der Waals surface area contributed by atoms with Crippen LogP contribution in [0.5, 0.6) is 0 Å². The van der Waals surface area contributed by atoms with E-state index in [0.29, 0.717) is 22.3 Å². The number of para-hydroxylation sites is 1. The molecule has 5 nitrogen and oxygen atoms in total. The van der Waals surface area contributed by atoms with Crippen molar-refractivity contribution < 1.29 is 19.2 Å². The Morgan fingerprint density at radius 3 is 0.804 bits per heavy atom. The Hall–Kier alpha value is -6.98. The van der Waals surface area contributed by atoms with E-state index in [-0.39, 0.29) is 0 Å². The minimum Gasteiger partial charge on any atom is -0.311 e. The minimum atomic E-state index is -0.532. The molecule has 51 heavy (non-hydrogen) atoms. The number of hydrogen-bond acceptors (Lipinski definition) is 5. The maximum Gasteiger partial charge on any atom is 0.233 e. The zero-order valence-electron chi connectivity index (χ0n) is 27.5. The lowest BCUT2D eigenvalue weighted by atomic mass is 9.98. The van der Waals surface area contributed by atoms with E-state index in [4.69, 9.17) is 0 Å². The number of hydrogen-bond donors (Lipinski definition) is 0. The third-order valence-corrected chi connectivity index (χ3v) is 8.71. The highest BCUT2D eigenvalue weighted by molar-refractivity contribution is 6.49. The molecule has 0 spiro atoms. The summed E-state index contributed by atoms with van der Waals surface area (Å²) in [6, 6.07) is 57.9. The fourth-order valence-corrected chi connectivity index (χ4v) is 5.96. The molecule has 0 aliphatic heterocycles. The molecule has 0 saturated heterocycles. The quantitative estimate of drug-likeness (QED) is 0.102. The molecule has 0 aliphatic rings. The van der Waals surface area contributed by atoms with Crippen molar-refractivity contribution in [2.45, 2.75) is 0 Å². The molecule has 5 heteroatoms. The number of carbonyl (C=O) groups excluding carboxylic acids is 4. The molecule has 7 aromatic rings. The van der Waals surface area contributed by atoms with E-state index in [1.807, 2.05) is 78.9 Å². The van der Waals surface area contributed by atoms with Gasteiger partial charge in [0.1, 0.15) is 0 Å². The number of Topliss-reactive ketones (excluding diaryl/α,β-unsaturated/α-hetero) is 4. The third kappa shape index (κ3) is 7.09. The van der Waals surface area contributed by atoms with Crippen LogP contribution in [0.25, 0.3) is 22.3 Å². The first-order valence-electron chi connectivity index (χ1n) is 16.5. The van der Waals surface area contributed by atoms with Crippen LogP contribution in [0, 0.1) is 0 Å². The second-order valence-electron chi connectivity index (χ2n) is 12.0. The SMILES string of the molecule is O=C(C(=O)c1ccc(-c2ccc(N(c3ccccc3)c3ccc(-c4ccc(C(=O)C(=O)c5ccccc5)cc4)cc3)cc2)cc1)c1ccccc1. The van der Waals surface area contributed by atoms with E-state index < -0.39 is 23.1 Å². The Labute approximate surface area is 296 Å². The van der Waals surface area contributed by atoms with E-state index in [0.717, 1.165) is 39.3 Å². The number of benzene rings is 7. The van der Waals surface area contributed by atoms with Crippen molar-refractivity contribution in [3.63, 3.8) is 0 Å². The lowest BCUT2D eigenvalue weighted by molar-refractivity contribution is 0.0817. The highest BCUT2D eigenvalue weighted by Gasteiger charge is 2.20. The molecular weight excluding hydrogens is 631 g/mol. The summed E-state index contributed by atoms with van der Waals surface area (Å²) in [5, 5.41) is 0. The van der Waals surface area contributed by atoms with E-state index in [1.54, 1.807) is 72.8 Å². The number of rotatable bonds is 11. The fraction of sp³-hybridized carbons (Fsp3) is 0. The van der Waals surface area contributed by atoms with Crippen LogP contribution in [-0.4, -0.2) is 23.1 Å². The van der Waals surface area contributed by atoms with E-state index in [9.17, 15) is 19.2 Å². The van der Waals surface area contributed by atoms with Crippen molar-refractivity contribution in [1.29, 1.82) is 0 Å². The summed E-state index contributed by atoms with van der Waals surface area (Å²) in [5.74, 6) is -2.11. The first kappa shape index (κ1) is 32.6. The van der Waals surface area contributed by atoms with Crippen LogP contribution in [0.1, 0.15) is 41.4 Å². The highest BCUT2D eigenvalue weighted by atomic mass is 16.2. The van der Waals surface area contributed by atoms with Gasteiger partial charge >= 0.3 is 0 Å². The van der Waals surface area contributed by atoms with Crippen LogP contribution in [0.15, 0.2) is 188 Å². The van der Waals surface area contributed by atoms with Gasteiger partial charge in [-0.1, -0.05) is 152 Å². The minimum absolute atomic E-state index is 0.352. The predicted molar refractivity (Wildman–Crippen MR) is 202 cm³/mol. The van der Waals surface area contributed by atoms with Crippen LogP contribution in [-0.2, 0) is 0 Å².